The SMILES string of the molecule is COc1cc(CNC(=O)c2ccc(OCCC(C)C)cc2)ccc1OCC(=O)N(C)C. The average molecular weight is 429 g/mol. The molecule has 0 saturated heterocycles. The fourth-order valence-corrected chi connectivity index (χ4v) is 2.61. The molecule has 7 nitrogen and oxygen atoms in total. The summed E-state index contributed by atoms with van der Waals surface area (Å²) in [6.07, 6.45) is 0.988. The highest BCUT2D eigenvalue weighted by atomic mass is 16.5. The molecule has 2 rings (SSSR count). The maximum Gasteiger partial charge on any atom is 0.259 e. The molecule has 0 unspecified atom stereocenters. The number of hydrogen-bond donors (Lipinski definition) is 1. The van der Waals surface area contributed by atoms with Crippen molar-refractivity contribution in [3.8, 4) is 17.2 Å². The van der Waals surface area contributed by atoms with Crippen LogP contribution < -0.4 is 19.5 Å². The average Bonchev–Trinajstić information content (AvgIpc) is 2.76. The maximum absolute atomic E-state index is 12.4. The Kier molecular flexibility index (Phi) is 9.18. The quantitative estimate of drug-likeness (QED) is 0.593. The Morgan fingerprint density at radius 3 is 2.32 bits per heavy atom. The summed E-state index contributed by atoms with van der Waals surface area (Å²) in [6.45, 7) is 5.22. The van der Waals surface area contributed by atoms with Crippen LogP contribution in [0.4, 0.5) is 0 Å². The molecule has 0 bridgehead atoms. The first-order chi connectivity index (χ1) is 14.8. The highest BCUT2D eigenvalue weighted by Crippen LogP contribution is 2.28. The molecule has 7 heteroatoms. The monoisotopic (exact) mass is 428 g/mol. The molecule has 0 aromatic heterocycles. The van der Waals surface area contributed by atoms with E-state index in [9.17, 15) is 9.59 Å². The second-order valence-corrected chi connectivity index (χ2v) is 7.80. The Hall–Kier alpha value is -3.22. The minimum Gasteiger partial charge on any atom is -0.494 e. The molecule has 2 amide bonds. The first kappa shape index (κ1) is 24.1. The van der Waals surface area contributed by atoms with Crippen molar-refractivity contribution in [2.45, 2.75) is 26.8 Å². The van der Waals surface area contributed by atoms with Crippen molar-refractivity contribution in [3.05, 3.63) is 53.6 Å². The molecular formula is C24H32N2O5. The van der Waals surface area contributed by atoms with Gasteiger partial charge in [-0.15, -0.1) is 0 Å². The molecule has 2 aromatic rings. The minimum absolute atomic E-state index is 0.0728. The predicted octanol–water partition coefficient (Wildman–Crippen LogP) is 3.52. The first-order valence-corrected chi connectivity index (χ1v) is 10.3. The van der Waals surface area contributed by atoms with E-state index in [1.165, 1.54) is 12.0 Å². The number of rotatable bonds is 11. The molecule has 1 N–H and O–H groups in total. The zero-order valence-corrected chi connectivity index (χ0v) is 18.9. The van der Waals surface area contributed by atoms with Crippen LogP contribution in [0.15, 0.2) is 42.5 Å². The molecule has 0 spiro atoms. The highest BCUT2D eigenvalue weighted by Gasteiger charge is 2.11. The van der Waals surface area contributed by atoms with Crippen molar-refractivity contribution in [2.24, 2.45) is 5.92 Å². The van der Waals surface area contributed by atoms with Gasteiger partial charge in [-0.3, -0.25) is 9.59 Å². The van der Waals surface area contributed by atoms with Crippen LogP contribution in [-0.2, 0) is 11.3 Å². The van der Waals surface area contributed by atoms with E-state index in [0.29, 0.717) is 36.1 Å². The summed E-state index contributed by atoms with van der Waals surface area (Å²) in [5, 5.41) is 2.89. The van der Waals surface area contributed by atoms with Crippen molar-refractivity contribution in [2.75, 3.05) is 34.4 Å². The molecule has 0 aliphatic carbocycles. The second-order valence-electron chi connectivity index (χ2n) is 7.80. The zero-order chi connectivity index (χ0) is 22.8. The number of ether oxygens (including phenoxy) is 3. The maximum atomic E-state index is 12.4. The number of benzene rings is 2. The van der Waals surface area contributed by atoms with Crippen molar-refractivity contribution in [3.63, 3.8) is 0 Å². The van der Waals surface area contributed by atoms with Gasteiger partial charge in [-0.1, -0.05) is 19.9 Å². The number of methoxy groups -OCH3 is 1. The normalized spacial score (nSPS) is 10.5. The van der Waals surface area contributed by atoms with Crippen LogP contribution >= 0.6 is 0 Å². The number of likely N-dealkylation sites (N-methyl/N-ethyl adjacent to an activating group) is 1. The molecule has 31 heavy (non-hydrogen) atoms. The van der Waals surface area contributed by atoms with Crippen molar-refractivity contribution >= 4 is 11.8 Å². The topological polar surface area (TPSA) is 77.1 Å². The number of carbonyl (C=O) groups is 2. The Balaban J connectivity index is 1.90. The lowest BCUT2D eigenvalue weighted by Crippen LogP contribution is -2.27. The summed E-state index contributed by atoms with van der Waals surface area (Å²) in [5.74, 6) is 2.00. The molecule has 0 radical (unpaired) electrons. The molecule has 0 atom stereocenters. The first-order valence-electron chi connectivity index (χ1n) is 10.3. The number of nitrogens with one attached hydrogen (secondary N) is 1. The number of nitrogens with zero attached hydrogens (tertiary/aromatic N) is 1. The van der Waals surface area contributed by atoms with Gasteiger partial charge in [0.25, 0.3) is 11.8 Å². The van der Waals surface area contributed by atoms with E-state index >= 15 is 0 Å². The van der Waals surface area contributed by atoms with E-state index < -0.39 is 0 Å². The summed E-state index contributed by atoms with van der Waals surface area (Å²) in [7, 11) is 4.87. The van der Waals surface area contributed by atoms with Crippen LogP contribution in [0.25, 0.3) is 0 Å². The third-order valence-electron chi connectivity index (χ3n) is 4.61. The van der Waals surface area contributed by atoms with E-state index in [4.69, 9.17) is 14.2 Å². The van der Waals surface area contributed by atoms with Crippen LogP contribution in [0.1, 0.15) is 36.2 Å². The molecule has 2 aromatic carbocycles. The Morgan fingerprint density at radius 2 is 1.71 bits per heavy atom. The fraction of sp³-hybridized carbons (Fsp3) is 0.417. The summed E-state index contributed by atoms with van der Waals surface area (Å²) >= 11 is 0. The van der Waals surface area contributed by atoms with Crippen LogP contribution in [0.2, 0.25) is 0 Å². The Morgan fingerprint density at radius 1 is 1.00 bits per heavy atom. The van der Waals surface area contributed by atoms with Gasteiger partial charge in [0.15, 0.2) is 18.1 Å². The largest absolute Gasteiger partial charge is 0.494 e. The molecule has 0 heterocycles. The van der Waals surface area contributed by atoms with Gasteiger partial charge in [0, 0.05) is 26.2 Å². The third-order valence-corrected chi connectivity index (χ3v) is 4.61. The van der Waals surface area contributed by atoms with E-state index in [1.807, 2.05) is 6.07 Å². The summed E-state index contributed by atoms with van der Waals surface area (Å²) in [4.78, 5) is 25.6. The van der Waals surface area contributed by atoms with Crippen LogP contribution in [0.5, 0.6) is 17.2 Å². The van der Waals surface area contributed by atoms with E-state index in [1.54, 1.807) is 50.5 Å². The summed E-state index contributed by atoms with van der Waals surface area (Å²) in [6, 6.07) is 12.4. The van der Waals surface area contributed by atoms with Crippen LogP contribution in [0, 0.1) is 5.92 Å². The van der Waals surface area contributed by atoms with E-state index in [-0.39, 0.29) is 18.4 Å². The van der Waals surface area contributed by atoms with E-state index in [0.717, 1.165) is 17.7 Å². The van der Waals surface area contributed by atoms with Crippen LogP contribution in [-0.4, -0.2) is 51.1 Å². The molecule has 0 fully saturated rings. The smallest absolute Gasteiger partial charge is 0.259 e. The zero-order valence-electron chi connectivity index (χ0n) is 18.9. The van der Waals surface area contributed by atoms with Crippen molar-refractivity contribution in [1.29, 1.82) is 0 Å². The van der Waals surface area contributed by atoms with Crippen molar-refractivity contribution < 1.29 is 23.8 Å². The number of amides is 2. The molecular weight excluding hydrogens is 396 g/mol. The molecule has 0 saturated carbocycles. The third kappa shape index (κ3) is 7.85. The lowest BCUT2D eigenvalue weighted by Gasteiger charge is -2.14. The van der Waals surface area contributed by atoms with Gasteiger partial charge in [0.1, 0.15) is 5.75 Å². The molecule has 0 aliphatic heterocycles. The Bertz CT molecular complexity index is 863. The Labute approximate surface area is 184 Å². The van der Waals surface area contributed by atoms with Gasteiger partial charge in [-0.2, -0.15) is 0 Å². The van der Waals surface area contributed by atoms with Gasteiger partial charge < -0.3 is 24.4 Å². The molecule has 168 valence electrons. The van der Waals surface area contributed by atoms with Gasteiger partial charge >= 0.3 is 0 Å². The van der Waals surface area contributed by atoms with Gasteiger partial charge in [-0.05, 0) is 54.3 Å². The fourth-order valence-electron chi connectivity index (χ4n) is 2.61. The summed E-state index contributed by atoms with van der Waals surface area (Å²) in [5.41, 5.74) is 1.41. The lowest BCUT2D eigenvalue weighted by molar-refractivity contribution is -0.130. The van der Waals surface area contributed by atoms with Crippen LogP contribution in [0.3, 0.4) is 0 Å². The highest BCUT2D eigenvalue weighted by molar-refractivity contribution is 5.94. The van der Waals surface area contributed by atoms with E-state index in [2.05, 4.69) is 19.2 Å². The minimum atomic E-state index is -0.176. The van der Waals surface area contributed by atoms with Gasteiger partial charge in [0.05, 0.1) is 13.7 Å². The predicted molar refractivity (Wildman–Crippen MR) is 120 cm³/mol. The number of hydrogen-bond acceptors (Lipinski definition) is 5. The number of carbonyl (C=O) groups excluding carboxylic acids is 2. The van der Waals surface area contributed by atoms with Gasteiger partial charge in [0.2, 0.25) is 0 Å². The lowest BCUT2D eigenvalue weighted by atomic mass is 10.1. The van der Waals surface area contributed by atoms with Gasteiger partial charge in [-0.25, -0.2) is 0 Å². The molecule has 0 aliphatic rings. The van der Waals surface area contributed by atoms with Crippen molar-refractivity contribution in [1.82, 2.24) is 10.2 Å². The summed E-state index contributed by atoms with van der Waals surface area (Å²) < 4.78 is 16.6. The second kappa shape index (κ2) is 11.8. The standard InChI is InChI=1S/C24H32N2O5/c1-17(2)12-13-30-20-9-7-19(8-10-20)24(28)25-15-18-6-11-21(22(14-18)29-5)31-16-23(27)26(3)4/h6-11,14,17H,12-13,15-16H2,1-5H3,(H,25,28).